The van der Waals surface area contributed by atoms with Crippen LogP contribution in [0.3, 0.4) is 0 Å². The minimum Gasteiger partial charge on any atom is -0.348 e. The Balaban J connectivity index is 1.52. The first kappa shape index (κ1) is 15.8. The summed E-state index contributed by atoms with van der Waals surface area (Å²) in [7, 11) is 1.95. The van der Waals surface area contributed by atoms with Crippen LogP contribution in [0, 0.1) is 13.8 Å². The van der Waals surface area contributed by atoms with Gasteiger partial charge in [-0.15, -0.1) is 0 Å². The van der Waals surface area contributed by atoms with E-state index in [2.05, 4.69) is 22.0 Å². The van der Waals surface area contributed by atoms with Crippen LogP contribution in [0.2, 0.25) is 0 Å². The first-order chi connectivity index (χ1) is 11.1. The van der Waals surface area contributed by atoms with E-state index in [0.717, 1.165) is 43.7 Å². The van der Waals surface area contributed by atoms with Crippen molar-refractivity contribution in [2.75, 3.05) is 13.1 Å². The van der Waals surface area contributed by atoms with E-state index in [9.17, 15) is 4.79 Å². The Morgan fingerprint density at radius 1 is 1.35 bits per heavy atom. The molecule has 0 saturated carbocycles. The molecule has 1 saturated heterocycles. The molecule has 1 amide bonds. The van der Waals surface area contributed by atoms with Crippen molar-refractivity contribution in [1.29, 1.82) is 0 Å². The maximum atomic E-state index is 12.5. The lowest BCUT2D eigenvalue weighted by molar-refractivity contribution is -0.132. The number of nitrogens with one attached hydrogen (secondary N) is 1. The minimum atomic E-state index is 0.260. The van der Waals surface area contributed by atoms with Gasteiger partial charge >= 0.3 is 0 Å². The van der Waals surface area contributed by atoms with Crippen molar-refractivity contribution in [3.8, 4) is 0 Å². The average molecular weight is 315 g/mol. The fourth-order valence-corrected chi connectivity index (χ4v) is 3.50. The van der Waals surface area contributed by atoms with E-state index in [1.165, 1.54) is 11.3 Å². The SMILES string of the molecule is Cc1nn(C)c(C)c1CCC(=O)N1CCC(c2cnc[nH]2)CC1. The topological polar surface area (TPSA) is 66.8 Å². The number of hydrogen-bond acceptors (Lipinski definition) is 3. The predicted molar refractivity (Wildman–Crippen MR) is 88.1 cm³/mol. The van der Waals surface area contributed by atoms with Gasteiger partial charge in [-0.05, 0) is 38.7 Å². The highest BCUT2D eigenvalue weighted by atomic mass is 16.2. The number of piperidine rings is 1. The highest BCUT2D eigenvalue weighted by Crippen LogP contribution is 2.26. The van der Waals surface area contributed by atoms with E-state index >= 15 is 0 Å². The second-order valence-electron chi connectivity index (χ2n) is 6.43. The molecular weight excluding hydrogens is 290 g/mol. The van der Waals surface area contributed by atoms with Crippen LogP contribution in [-0.2, 0) is 18.3 Å². The summed E-state index contributed by atoms with van der Waals surface area (Å²) < 4.78 is 1.89. The van der Waals surface area contributed by atoms with Gasteiger partial charge in [-0.3, -0.25) is 9.48 Å². The zero-order valence-electron chi connectivity index (χ0n) is 14.2. The lowest BCUT2D eigenvalue weighted by atomic mass is 9.93. The maximum Gasteiger partial charge on any atom is 0.222 e. The zero-order valence-corrected chi connectivity index (χ0v) is 14.2. The number of aryl methyl sites for hydroxylation is 2. The van der Waals surface area contributed by atoms with Crippen LogP contribution in [0.15, 0.2) is 12.5 Å². The summed E-state index contributed by atoms with van der Waals surface area (Å²) in [6.45, 7) is 5.76. The number of aromatic nitrogens is 4. The molecule has 1 fully saturated rings. The molecule has 2 aromatic rings. The van der Waals surface area contributed by atoms with Gasteiger partial charge in [0.1, 0.15) is 0 Å². The summed E-state index contributed by atoms with van der Waals surface area (Å²) in [5.74, 6) is 0.764. The van der Waals surface area contributed by atoms with Crippen LogP contribution in [0.5, 0.6) is 0 Å². The molecule has 3 rings (SSSR count). The number of nitrogens with zero attached hydrogens (tertiary/aromatic N) is 4. The highest BCUT2D eigenvalue weighted by molar-refractivity contribution is 5.76. The third-order valence-corrected chi connectivity index (χ3v) is 5.05. The summed E-state index contributed by atoms with van der Waals surface area (Å²) in [5.41, 5.74) is 4.61. The van der Waals surface area contributed by atoms with Gasteiger partial charge in [0.2, 0.25) is 5.91 Å². The summed E-state index contributed by atoms with van der Waals surface area (Å²) in [6, 6.07) is 0. The highest BCUT2D eigenvalue weighted by Gasteiger charge is 2.24. The number of carbonyl (C=O) groups is 1. The Labute approximate surface area is 136 Å². The van der Waals surface area contributed by atoms with Gasteiger partial charge in [-0.2, -0.15) is 5.10 Å². The average Bonchev–Trinajstić information content (AvgIpc) is 3.16. The molecule has 1 aliphatic rings. The molecule has 0 radical (unpaired) electrons. The summed E-state index contributed by atoms with van der Waals surface area (Å²) in [6.07, 6.45) is 7.01. The van der Waals surface area contributed by atoms with Crippen molar-refractivity contribution < 1.29 is 4.79 Å². The van der Waals surface area contributed by atoms with Crippen molar-refractivity contribution in [2.24, 2.45) is 7.05 Å². The molecule has 3 heterocycles. The predicted octanol–water partition coefficient (Wildman–Crippen LogP) is 2.10. The van der Waals surface area contributed by atoms with Crippen LogP contribution >= 0.6 is 0 Å². The van der Waals surface area contributed by atoms with Gasteiger partial charge in [0.25, 0.3) is 0 Å². The van der Waals surface area contributed by atoms with Crippen LogP contribution in [0.4, 0.5) is 0 Å². The first-order valence-electron chi connectivity index (χ1n) is 8.31. The standard InChI is InChI=1S/C17H25N5O/c1-12-15(13(2)21(3)20-12)4-5-17(23)22-8-6-14(7-9-22)16-10-18-11-19-16/h10-11,14H,4-9H2,1-3H3,(H,18,19). The van der Waals surface area contributed by atoms with Crippen LogP contribution in [0.25, 0.3) is 0 Å². The van der Waals surface area contributed by atoms with Crippen molar-refractivity contribution in [3.63, 3.8) is 0 Å². The van der Waals surface area contributed by atoms with Crippen LogP contribution in [-0.4, -0.2) is 43.6 Å². The fraction of sp³-hybridized carbons (Fsp3) is 0.588. The minimum absolute atomic E-state index is 0.260. The Hall–Kier alpha value is -2.11. The number of amides is 1. The molecule has 1 aliphatic heterocycles. The monoisotopic (exact) mass is 315 g/mol. The van der Waals surface area contributed by atoms with E-state index in [1.54, 1.807) is 6.33 Å². The van der Waals surface area contributed by atoms with E-state index in [-0.39, 0.29) is 5.91 Å². The number of likely N-dealkylation sites (tertiary alicyclic amines) is 1. The molecule has 0 aliphatic carbocycles. The molecule has 0 spiro atoms. The summed E-state index contributed by atoms with van der Waals surface area (Å²) in [4.78, 5) is 21.8. The first-order valence-corrected chi connectivity index (χ1v) is 8.31. The molecule has 0 bridgehead atoms. The molecule has 124 valence electrons. The summed E-state index contributed by atoms with van der Waals surface area (Å²) >= 11 is 0. The number of aromatic amines is 1. The zero-order chi connectivity index (χ0) is 16.4. The lowest BCUT2D eigenvalue weighted by Gasteiger charge is -2.31. The molecule has 0 atom stereocenters. The number of H-pyrrole nitrogens is 1. The quantitative estimate of drug-likeness (QED) is 0.939. The second-order valence-corrected chi connectivity index (χ2v) is 6.43. The molecule has 0 unspecified atom stereocenters. The van der Waals surface area contributed by atoms with E-state index in [1.807, 2.05) is 29.7 Å². The van der Waals surface area contributed by atoms with Crippen LogP contribution in [0.1, 0.15) is 47.8 Å². The second kappa shape index (κ2) is 6.56. The molecule has 0 aromatic carbocycles. The Morgan fingerprint density at radius 2 is 2.09 bits per heavy atom. The van der Waals surface area contributed by atoms with Crippen molar-refractivity contribution in [1.82, 2.24) is 24.6 Å². The molecular formula is C17H25N5O. The van der Waals surface area contributed by atoms with Gasteiger partial charge in [0, 0.05) is 50.1 Å². The van der Waals surface area contributed by atoms with E-state index in [0.29, 0.717) is 12.3 Å². The van der Waals surface area contributed by atoms with Gasteiger partial charge < -0.3 is 9.88 Å². The number of carbonyl (C=O) groups excluding carboxylic acids is 1. The summed E-state index contributed by atoms with van der Waals surface area (Å²) in [5, 5.41) is 4.42. The molecule has 2 aromatic heterocycles. The van der Waals surface area contributed by atoms with Crippen molar-refractivity contribution in [2.45, 2.75) is 45.4 Å². The normalized spacial score (nSPS) is 16.0. The molecule has 23 heavy (non-hydrogen) atoms. The number of imidazole rings is 1. The largest absolute Gasteiger partial charge is 0.348 e. The third kappa shape index (κ3) is 3.30. The van der Waals surface area contributed by atoms with Gasteiger partial charge in [-0.1, -0.05) is 0 Å². The third-order valence-electron chi connectivity index (χ3n) is 5.05. The van der Waals surface area contributed by atoms with Gasteiger partial charge in [0.15, 0.2) is 0 Å². The Bertz CT molecular complexity index is 665. The number of hydrogen-bond donors (Lipinski definition) is 1. The Morgan fingerprint density at radius 3 is 2.65 bits per heavy atom. The molecule has 6 heteroatoms. The van der Waals surface area contributed by atoms with E-state index in [4.69, 9.17) is 0 Å². The Kier molecular flexibility index (Phi) is 4.50. The van der Waals surface area contributed by atoms with E-state index < -0.39 is 0 Å². The number of rotatable bonds is 4. The fourth-order valence-electron chi connectivity index (χ4n) is 3.50. The van der Waals surface area contributed by atoms with Crippen molar-refractivity contribution in [3.05, 3.63) is 35.2 Å². The molecule has 6 nitrogen and oxygen atoms in total. The molecule has 1 N–H and O–H groups in total. The van der Waals surface area contributed by atoms with Crippen LogP contribution < -0.4 is 0 Å². The maximum absolute atomic E-state index is 12.5. The van der Waals surface area contributed by atoms with Crippen molar-refractivity contribution >= 4 is 5.91 Å². The lowest BCUT2D eigenvalue weighted by Crippen LogP contribution is -2.38. The van der Waals surface area contributed by atoms with Gasteiger partial charge in [0.05, 0.1) is 12.0 Å². The van der Waals surface area contributed by atoms with Gasteiger partial charge in [-0.25, -0.2) is 4.98 Å². The smallest absolute Gasteiger partial charge is 0.222 e.